The number of carbonyl (C=O) groups excluding carboxylic acids is 4. The van der Waals surface area contributed by atoms with Crippen LogP contribution in [-0.2, 0) is 65.4 Å². The van der Waals surface area contributed by atoms with Gasteiger partial charge in [-0.05, 0) is 57.3 Å². The molecule has 0 fully saturated rings. The van der Waals surface area contributed by atoms with Crippen molar-refractivity contribution in [2.75, 3.05) is 39.6 Å². The maximum absolute atomic E-state index is 12.9. The van der Waals surface area contributed by atoms with Crippen molar-refractivity contribution in [3.05, 3.63) is 24.3 Å². The number of esters is 4. The maximum atomic E-state index is 12.9. The Morgan fingerprint density at radius 1 is 0.405 bits per heavy atom. The smallest absolute Gasteiger partial charge is 0.462 e. The van der Waals surface area contributed by atoms with Gasteiger partial charge in [-0.15, -0.1) is 0 Å². The molecule has 79 heavy (non-hydrogen) atoms. The molecule has 0 aromatic heterocycles. The third-order valence-electron chi connectivity index (χ3n) is 13.5. The second-order valence-electron chi connectivity index (χ2n) is 21.3. The summed E-state index contributed by atoms with van der Waals surface area (Å²) in [6.45, 7) is 6.96. The predicted molar refractivity (Wildman–Crippen MR) is 312 cm³/mol. The zero-order valence-electron chi connectivity index (χ0n) is 50.0. The van der Waals surface area contributed by atoms with Crippen LogP contribution in [-0.4, -0.2) is 96.7 Å². The first kappa shape index (κ1) is 76.5. The molecule has 0 aromatic rings. The fourth-order valence-corrected chi connectivity index (χ4v) is 9.88. The lowest BCUT2D eigenvalue weighted by Crippen LogP contribution is -2.30. The predicted octanol–water partition coefficient (Wildman–Crippen LogP) is 15.8. The second kappa shape index (κ2) is 53.5. The van der Waals surface area contributed by atoms with Crippen LogP contribution in [0.5, 0.6) is 0 Å². The first-order chi connectivity index (χ1) is 38.1. The SMILES string of the molecule is CCCCCC/C=C\C=C/CCCCCCCC(=O)O[C@H](COC(=O)CCCCCCCCCCC(C)CC)COP(=O)(O)OC[C@@H](O)COP(=O)(O)OC[C@@H](COC(=O)CCCCCCC)OC(=O)CCCCCCCCC. The molecule has 0 spiro atoms. The summed E-state index contributed by atoms with van der Waals surface area (Å²) < 4.78 is 67.5. The number of unbranched alkanes of at least 4 members (excludes halogenated alkanes) is 26. The molecule has 0 aliphatic carbocycles. The molecule has 0 saturated carbocycles. The molecule has 464 valence electrons. The van der Waals surface area contributed by atoms with Crippen LogP contribution in [0.4, 0.5) is 0 Å². The van der Waals surface area contributed by atoms with Crippen LogP contribution in [0.15, 0.2) is 24.3 Å². The highest BCUT2D eigenvalue weighted by Gasteiger charge is 2.30. The van der Waals surface area contributed by atoms with Crippen molar-refractivity contribution in [2.45, 2.75) is 291 Å². The standard InChI is InChI=1S/C60H112O17P2/c1-6-10-13-16-18-19-20-21-22-23-24-25-31-36-41-46-60(65)77-56(50-71-58(63)44-39-34-30-27-26-29-33-37-42-53(5)9-4)52-75-79(68,69)73-48-54(61)47-72-78(66,67)74-51-55(49-70-57(62)43-38-32-15-12-8-3)76-59(64)45-40-35-28-17-14-11-7-2/h19-22,53-56,61H,6-18,23-52H2,1-5H3,(H,66,67)(H,68,69)/b20-19-,22-21-/t53?,54-,55+,56+/m0/s1. The third-order valence-corrected chi connectivity index (χ3v) is 15.4. The molecule has 17 nitrogen and oxygen atoms in total. The summed E-state index contributed by atoms with van der Waals surface area (Å²) in [4.78, 5) is 71.6. The molecule has 0 saturated heterocycles. The number of carbonyl (C=O) groups is 4. The number of hydrogen-bond acceptors (Lipinski definition) is 15. The Bertz CT molecular complexity index is 1640. The van der Waals surface area contributed by atoms with Crippen LogP contribution >= 0.6 is 15.6 Å². The van der Waals surface area contributed by atoms with E-state index < -0.39 is 97.5 Å². The fraction of sp³-hybridized carbons (Fsp3) is 0.867. The van der Waals surface area contributed by atoms with E-state index in [1.165, 1.54) is 64.2 Å². The van der Waals surface area contributed by atoms with Crippen molar-refractivity contribution >= 4 is 39.5 Å². The van der Waals surface area contributed by atoms with Gasteiger partial charge in [-0.1, -0.05) is 219 Å². The molecule has 3 unspecified atom stereocenters. The van der Waals surface area contributed by atoms with Crippen LogP contribution in [0.1, 0.15) is 272 Å². The number of hydrogen-bond donors (Lipinski definition) is 3. The average Bonchev–Trinajstić information content (AvgIpc) is 3.42. The van der Waals surface area contributed by atoms with Crippen molar-refractivity contribution in [1.29, 1.82) is 0 Å². The van der Waals surface area contributed by atoms with Crippen molar-refractivity contribution in [3.63, 3.8) is 0 Å². The number of allylic oxidation sites excluding steroid dienone is 4. The summed E-state index contributed by atoms with van der Waals surface area (Å²) in [7, 11) is -9.88. The zero-order valence-corrected chi connectivity index (χ0v) is 51.8. The van der Waals surface area contributed by atoms with Crippen molar-refractivity contribution in [3.8, 4) is 0 Å². The van der Waals surface area contributed by atoms with E-state index in [1.807, 2.05) is 0 Å². The Balaban J connectivity index is 5.21. The number of phosphoric ester groups is 2. The van der Waals surface area contributed by atoms with Gasteiger partial charge in [0.05, 0.1) is 26.4 Å². The van der Waals surface area contributed by atoms with Gasteiger partial charge in [-0.25, -0.2) is 9.13 Å². The van der Waals surface area contributed by atoms with Crippen LogP contribution < -0.4 is 0 Å². The number of aliphatic hydroxyl groups excluding tert-OH is 1. The molecule has 0 aromatic carbocycles. The van der Waals surface area contributed by atoms with Crippen molar-refractivity contribution in [1.82, 2.24) is 0 Å². The van der Waals surface area contributed by atoms with Crippen LogP contribution in [0.25, 0.3) is 0 Å². The number of ether oxygens (including phenoxy) is 4. The normalized spacial score (nSPS) is 14.9. The minimum Gasteiger partial charge on any atom is -0.462 e. The molecule has 0 bridgehead atoms. The number of aliphatic hydroxyl groups is 1. The molecule has 0 radical (unpaired) electrons. The fourth-order valence-electron chi connectivity index (χ4n) is 8.30. The van der Waals surface area contributed by atoms with Gasteiger partial charge in [0, 0.05) is 25.7 Å². The van der Waals surface area contributed by atoms with E-state index in [2.05, 4.69) is 58.9 Å². The average molecular weight is 1170 g/mol. The van der Waals surface area contributed by atoms with E-state index >= 15 is 0 Å². The summed E-state index contributed by atoms with van der Waals surface area (Å²) in [5, 5.41) is 10.5. The Morgan fingerprint density at radius 3 is 1.08 bits per heavy atom. The second-order valence-corrected chi connectivity index (χ2v) is 24.2. The summed E-state index contributed by atoms with van der Waals surface area (Å²) in [5.74, 6) is -1.41. The van der Waals surface area contributed by atoms with E-state index in [4.69, 9.17) is 37.0 Å². The third kappa shape index (κ3) is 53.3. The Kier molecular flexibility index (Phi) is 51.9. The van der Waals surface area contributed by atoms with Gasteiger partial charge < -0.3 is 33.8 Å². The van der Waals surface area contributed by atoms with E-state index in [1.54, 1.807) is 0 Å². The summed E-state index contributed by atoms with van der Waals surface area (Å²) >= 11 is 0. The molecule has 0 heterocycles. The molecule has 0 amide bonds. The van der Waals surface area contributed by atoms with Gasteiger partial charge in [0.25, 0.3) is 0 Å². The molecular weight excluding hydrogens is 1050 g/mol. The maximum Gasteiger partial charge on any atom is 0.472 e. The minimum absolute atomic E-state index is 0.0843. The first-order valence-electron chi connectivity index (χ1n) is 31.0. The lowest BCUT2D eigenvalue weighted by molar-refractivity contribution is -0.161. The molecular formula is C60H112O17P2. The van der Waals surface area contributed by atoms with Gasteiger partial charge >= 0.3 is 39.5 Å². The van der Waals surface area contributed by atoms with Gasteiger partial charge in [-0.2, -0.15) is 0 Å². The van der Waals surface area contributed by atoms with Gasteiger partial charge in [0.1, 0.15) is 19.3 Å². The highest BCUT2D eigenvalue weighted by atomic mass is 31.2. The minimum atomic E-state index is -4.95. The van der Waals surface area contributed by atoms with Crippen molar-refractivity contribution in [2.24, 2.45) is 5.92 Å². The van der Waals surface area contributed by atoms with E-state index in [-0.39, 0.29) is 25.7 Å². The van der Waals surface area contributed by atoms with Crippen LogP contribution in [0.2, 0.25) is 0 Å². The Morgan fingerprint density at radius 2 is 0.709 bits per heavy atom. The summed E-state index contributed by atoms with van der Waals surface area (Å²) in [6.07, 6.45) is 38.9. The summed E-state index contributed by atoms with van der Waals surface area (Å²) in [6, 6.07) is 0. The van der Waals surface area contributed by atoms with Gasteiger partial charge in [0.15, 0.2) is 12.2 Å². The molecule has 0 rings (SSSR count). The van der Waals surface area contributed by atoms with Crippen molar-refractivity contribution < 1.29 is 80.2 Å². The first-order valence-corrected chi connectivity index (χ1v) is 34.0. The lowest BCUT2D eigenvalue weighted by Gasteiger charge is -2.21. The lowest BCUT2D eigenvalue weighted by atomic mass is 9.99. The van der Waals surface area contributed by atoms with Gasteiger partial charge in [-0.3, -0.25) is 37.3 Å². The monoisotopic (exact) mass is 1170 g/mol. The highest BCUT2D eigenvalue weighted by Crippen LogP contribution is 2.45. The largest absolute Gasteiger partial charge is 0.472 e. The Hall–Kier alpha value is -2.46. The van der Waals surface area contributed by atoms with E-state index in [9.17, 15) is 43.2 Å². The summed E-state index contributed by atoms with van der Waals surface area (Å²) in [5.41, 5.74) is 0. The molecule has 6 atom stereocenters. The number of phosphoric acid groups is 2. The van der Waals surface area contributed by atoms with E-state index in [0.717, 1.165) is 128 Å². The highest BCUT2D eigenvalue weighted by molar-refractivity contribution is 7.47. The molecule has 19 heteroatoms. The topological polar surface area (TPSA) is 237 Å². The molecule has 0 aliphatic rings. The van der Waals surface area contributed by atoms with Crippen LogP contribution in [0.3, 0.4) is 0 Å². The molecule has 3 N–H and O–H groups in total. The van der Waals surface area contributed by atoms with Gasteiger partial charge in [0.2, 0.25) is 0 Å². The van der Waals surface area contributed by atoms with Crippen LogP contribution in [0, 0.1) is 5.92 Å². The molecule has 0 aliphatic heterocycles. The quantitative estimate of drug-likeness (QED) is 0.0169. The van der Waals surface area contributed by atoms with E-state index in [0.29, 0.717) is 25.7 Å². The zero-order chi connectivity index (χ0) is 58.5. The Labute approximate surface area is 478 Å². The number of rotatable bonds is 58.